The van der Waals surface area contributed by atoms with Gasteiger partial charge in [-0.1, -0.05) is 40.2 Å². The molecule has 0 unspecified atom stereocenters. The maximum atomic E-state index is 12.9. The SMILES string of the molecule is CCOc1cc(/C=C2\SC(=O)N(Cc3ccccc3Br)C2=O)ccc1OCC(=O)N1CCOCC1. The highest BCUT2D eigenvalue weighted by Gasteiger charge is 2.35. The van der Waals surface area contributed by atoms with E-state index in [4.69, 9.17) is 14.2 Å². The zero-order valence-corrected chi connectivity index (χ0v) is 21.6. The number of thioether (sulfide) groups is 1. The quantitative estimate of drug-likeness (QED) is 0.444. The number of hydrogen-bond donors (Lipinski definition) is 0. The molecule has 0 aromatic heterocycles. The van der Waals surface area contributed by atoms with Gasteiger partial charge in [-0.2, -0.15) is 0 Å². The number of imide groups is 1. The summed E-state index contributed by atoms with van der Waals surface area (Å²) in [7, 11) is 0. The normalized spacial score (nSPS) is 17.3. The smallest absolute Gasteiger partial charge is 0.293 e. The van der Waals surface area contributed by atoms with Gasteiger partial charge in [0.05, 0.1) is 31.3 Å². The van der Waals surface area contributed by atoms with Crippen molar-refractivity contribution in [3.63, 3.8) is 0 Å². The highest BCUT2D eigenvalue weighted by molar-refractivity contribution is 9.10. The Hall–Kier alpha value is -2.82. The number of nitrogens with zero attached hydrogens (tertiary/aromatic N) is 2. The van der Waals surface area contributed by atoms with E-state index >= 15 is 0 Å². The number of amides is 3. The molecule has 3 amide bonds. The number of morpholine rings is 1. The first kappa shape index (κ1) is 25.3. The van der Waals surface area contributed by atoms with Crippen molar-refractivity contribution < 1.29 is 28.6 Å². The van der Waals surface area contributed by atoms with Gasteiger partial charge in [-0.05, 0) is 54.1 Å². The molecule has 2 fully saturated rings. The predicted octanol–water partition coefficient (Wildman–Crippen LogP) is 4.32. The summed E-state index contributed by atoms with van der Waals surface area (Å²) in [5, 5.41) is -0.316. The second-order valence-corrected chi connectivity index (χ2v) is 9.63. The van der Waals surface area contributed by atoms with Crippen LogP contribution in [0.1, 0.15) is 18.1 Å². The predicted molar refractivity (Wildman–Crippen MR) is 136 cm³/mol. The van der Waals surface area contributed by atoms with Gasteiger partial charge >= 0.3 is 0 Å². The minimum absolute atomic E-state index is 0.104. The summed E-state index contributed by atoms with van der Waals surface area (Å²) in [5.74, 6) is 0.444. The lowest BCUT2D eigenvalue weighted by Gasteiger charge is -2.26. The van der Waals surface area contributed by atoms with Gasteiger partial charge in [0.25, 0.3) is 17.1 Å². The van der Waals surface area contributed by atoms with Crippen molar-refractivity contribution in [2.24, 2.45) is 0 Å². The Kier molecular flexibility index (Phi) is 8.48. The van der Waals surface area contributed by atoms with Gasteiger partial charge in [0.1, 0.15) is 0 Å². The van der Waals surface area contributed by atoms with E-state index < -0.39 is 0 Å². The lowest BCUT2D eigenvalue weighted by molar-refractivity contribution is -0.137. The monoisotopic (exact) mass is 560 g/mol. The topological polar surface area (TPSA) is 85.4 Å². The van der Waals surface area contributed by atoms with Crippen molar-refractivity contribution in [1.82, 2.24) is 9.80 Å². The molecule has 0 radical (unpaired) electrons. The molecule has 4 rings (SSSR count). The molecular formula is C25H25BrN2O6S. The number of rotatable bonds is 8. The van der Waals surface area contributed by atoms with Crippen molar-refractivity contribution in [1.29, 1.82) is 0 Å². The lowest BCUT2D eigenvalue weighted by atomic mass is 10.1. The van der Waals surface area contributed by atoms with Gasteiger partial charge in [0.15, 0.2) is 18.1 Å². The molecule has 2 saturated heterocycles. The number of ether oxygens (including phenoxy) is 3. The van der Waals surface area contributed by atoms with Crippen molar-refractivity contribution in [3.05, 3.63) is 63.0 Å². The summed E-state index contributed by atoms with van der Waals surface area (Å²) in [6.07, 6.45) is 1.66. The first-order valence-corrected chi connectivity index (χ1v) is 12.8. The van der Waals surface area contributed by atoms with E-state index in [0.717, 1.165) is 21.8 Å². The van der Waals surface area contributed by atoms with Gasteiger partial charge in [-0.25, -0.2) is 0 Å². The molecule has 8 nitrogen and oxygen atoms in total. The third-order valence-corrected chi connectivity index (χ3v) is 7.12. The zero-order valence-electron chi connectivity index (χ0n) is 19.2. The molecule has 184 valence electrons. The molecule has 2 aromatic rings. The number of carbonyl (C=O) groups is 3. The summed E-state index contributed by atoms with van der Waals surface area (Å²) < 4.78 is 17.6. The molecule has 2 heterocycles. The molecular weight excluding hydrogens is 536 g/mol. The lowest BCUT2D eigenvalue weighted by Crippen LogP contribution is -2.43. The van der Waals surface area contributed by atoms with Gasteiger partial charge in [0, 0.05) is 17.6 Å². The van der Waals surface area contributed by atoms with E-state index in [1.54, 1.807) is 29.2 Å². The van der Waals surface area contributed by atoms with E-state index in [-0.39, 0.29) is 30.2 Å². The Balaban J connectivity index is 1.46. The molecule has 0 aliphatic carbocycles. The van der Waals surface area contributed by atoms with Crippen molar-refractivity contribution in [2.75, 3.05) is 39.5 Å². The molecule has 2 aliphatic rings. The highest BCUT2D eigenvalue weighted by atomic mass is 79.9. The second kappa shape index (κ2) is 11.7. The third-order valence-electron chi connectivity index (χ3n) is 5.44. The van der Waals surface area contributed by atoms with Crippen LogP contribution < -0.4 is 9.47 Å². The molecule has 35 heavy (non-hydrogen) atoms. The number of halogens is 1. The van der Waals surface area contributed by atoms with E-state index in [0.29, 0.717) is 54.9 Å². The van der Waals surface area contributed by atoms with Gasteiger partial charge in [-0.3, -0.25) is 19.3 Å². The Morgan fingerprint density at radius 2 is 1.89 bits per heavy atom. The minimum atomic E-state index is -0.342. The number of benzene rings is 2. The van der Waals surface area contributed by atoms with Crippen LogP contribution in [0.15, 0.2) is 51.8 Å². The average Bonchev–Trinajstić information content (AvgIpc) is 3.12. The first-order valence-electron chi connectivity index (χ1n) is 11.2. The molecule has 0 bridgehead atoms. The van der Waals surface area contributed by atoms with Crippen LogP contribution in [-0.2, 0) is 20.9 Å². The molecule has 10 heteroatoms. The van der Waals surface area contributed by atoms with Crippen LogP contribution in [0.2, 0.25) is 0 Å². The van der Waals surface area contributed by atoms with Crippen molar-refractivity contribution in [2.45, 2.75) is 13.5 Å². The van der Waals surface area contributed by atoms with E-state index in [2.05, 4.69) is 15.9 Å². The Morgan fingerprint density at radius 3 is 2.63 bits per heavy atom. The Labute approximate surface area is 216 Å². The van der Waals surface area contributed by atoms with Crippen LogP contribution in [0.3, 0.4) is 0 Å². The molecule has 0 saturated carbocycles. The summed E-state index contributed by atoms with van der Waals surface area (Å²) in [5.41, 5.74) is 1.54. The van der Waals surface area contributed by atoms with Crippen LogP contribution >= 0.6 is 27.7 Å². The van der Waals surface area contributed by atoms with Crippen LogP contribution in [0.25, 0.3) is 6.08 Å². The van der Waals surface area contributed by atoms with Crippen LogP contribution in [0.5, 0.6) is 11.5 Å². The molecule has 2 aromatic carbocycles. The van der Waals surface area contributed by atoms with Gasteiger partial charge in [0.2, 0.25) is 0 Å². The van der Waals surface area contributed by atoms with Crippen molar-refractivity contribution >= 4 is 50.8 Å². The standard InChI is InChI=1S/C25H25BrN2O6S/c1-2-33-21-13-17(7-8-20(21)34-16-23(29)27-9-11-32-12-10-27)14-22-24(30)28(25(31)35-22)15-18-5-3-4-6-19(18)26/h3-8,13-14H,2,9-12,15-16H2,1H3/b22-14-. The average molecular weight is 561 g/mol. The maximum Gasteiger partial charge on any atom is 0.293 e. The van der Waals surface area contributed by atoms with Crippen LogP contribution in [0, 0.1) is 0 Å². The zero-order chi connectivity index (χ0) is 24.8. The van der Waals surface area contributed by atoms with E-state index in [9.17, 15) is 14.4 Å². The van der Waals surface area contributed by atoms with E-state index in [1.807, 2.05) is 31.2 Å². The number of carbonyl (C=O) groups excluding carboxylic acids is 3. The summed E-state index contributed by atoms with van der Waals surface area (Å²) >= 11 is 4.37. The minimum Gasteiger partial charge on any atom is -0.490 e. The summed E-state index contributed by atoms with van der Waals surface area (Å²) in [6.45, 7) is 4.50. The summed E-state index contributed by atoms with van der Waals surface area (Å²) in [4.78, 5) is 41.1. The summed E-state index contributed by atoms with van der Waals surface area (Å²) in [6, 6.07) is 12.7. The van der Waals surface area contributed by atoms with Crippen LogP contribution in [-0.4, -0.2) is 66.4 Å². The fourth-order valence-corrected chi connectivity index (χ4v) is 4.88. The second-order valence-electron chi connectivity index (χ2n) is 7.78. The highest BCUT2D eigenvalue weighted by Crippen LogP contribution is 2.36. The van der Waals surface area contributed by atoms with Gasteiger partial charge in [-0.15, -0.1) is 0 Å². The fourth-order valence-electron chi connectivity index (χ4n) is 3.63. The fraction of sp³-hybridized carbons (Fsp3) is 0.320. The maximum absolute atomic E-state index is 12.9. The first-order chi connectivity index (χ1) is 17.0. The third kappa shape index (κ3) is 6.25. The van der Waals surface area contributed by atoms with Gasteiger partial charge < -0.3 is 19.1 Å². The Bertz CT molecular complexity index is 1150. The largest absolute Gasteiger partial charge is 0.490 e. The Morgan fingerprint density at radius 1 is 1.11 bits per heavy atom. The van der Waals surface area contributed by atoms with Crippen molar-refractivity contribution in [3.8, 4) is 11.5 Å². The number of hydrogen-bond acceptors (Lipinski definition) is 7. The van der Waals surface area contributed by atoms with Crippen LogP contribution in [0.4, 0.5) is 4.79 Å². The molecule has 2 aliphatic heterocycles. The molecule has 0 spiro atoms. The molecule has 0 atom stereocenters. The van der Waals surface area contributed by atoms with E-state index in [1.165, 1.54) is 4.90 Å². The molecule has 0 N–H and O–H groups in total.